The maximum absolute atomic E-state index is 12.4. The van der Waals surface area contributed by atoms with Crippen LogP contribution in [0.5, 0.6) is 0 Å². The highest BCUT2D eigenvalue weighted by Gasteiger charge is 2.23. The second kappa shape index (κ2) is 43.6. The fourth-order valence-corrected chi connectivity index (χ4v) is 7.86. The fourth-order valence-electron chi connectivity index (χ4n) is 7.49. The van der Waals surface area contributed by atoms with Gasteiger partial charge in [0.1, 0.15) is 6.61 Å². The van der Waals surface area contributed by atoms with Crippen LogP contribution < -0.4 is 0 Å². The molecule has 9 heteroatoms. The van der Waals surface area contributed by atoms with E-state index in [4.69, 9.17) is 19.3 Å². The van der Waals surface area contributed by atoms with E-state index in [2.05, 4.69) is 18.4 Å². The van der Waals surface area contributed by atoms with Crippen LogP contribution in [0.2, 0.25) is 0 Å². The van der Waals surface area contributed by atoms with Gasteiger partial charge < -0.3 is 19.3 Å². The number of phosphoric acid groups is 1. The summed E-state index contributed by atoms with van der Waals surface area (Å²) in [5, 5.41) is 0. The minimum absolute atomic E-state index is 0.221. The van der Waals surface area contributed by atoms with Crippen LogP contribution in [-0.2, 0) is 28.2 Å². The van der Waals surface area contributed by atoms with Crippen molar-refractivity contribution in [1.29, 1.82) is 0 Å². The van der Waals surface area contributed by atoms with E-state index in [1.54, 1.807) is 0 Å². The zero-order valence-electron chi connectivity index (χ0n) is 37.1. The van der Waals surface area contributed by atoms with Crippen molar-refractivity contribution >= 4 is 19.8 Å². The molecule has 0 radical (unpaired) electrons. The molecule has 0 aromatic rings. The lowest BCUT2D eigenvalue weighted by molar-refractivity contribution is -0.161. The first kappa shape index (κ1) is 55.0. The molecule has 56 heavy (non-hydrogen) atoms. The second-order valence-corrected chi connectivity index (χ2v) is 18.0. The number of hydrogen-bond donors (Lipinski definition) is 2. The molecule has 0 unspecified atom stereocenters. The molecule has 0 aliphatic carbocycles. The van der Waals surface area contributed by atoms with Crippen molar-refractivity contribution < 1.29 is 37.9 Å². The van der Waals surface area contributed by atoms with E-state index >= 15 is 0 Å². The molecule has 0 rings (SSSR count). The average Bonchev–Trinajstić information content (AvgIpc) is 3.17. The molecular weight excluding hydrogens is 723 g/mol. The van der Waals surface area contributed by atoms with E-state index in [0.717, 1.165) is 32.1 Å². The molecule has 0 saturated heterocycles. The Morgan fingerprint density at radius 2 is 0.643 bits per heavy atom. The van der Waals surface area contributed by atoms with Crippen LogP contribution in [-0.4, -0.2) is 41.0 Å². The molecule has 0 amide bonds. The highest BCUT2D eigenvalue weighted by atomic mass is 31.2. The molecule has 0 saturated carbocycles. The summed E-state index contributed by atoms with van der Waals surface area (Å²) in [5.41, 5.74) is 0. The molecule has 0 heterocycles. The molecule has 334 valence electrons. The van der Waals surface area contributed by atoms with Crippen molar-refractivity contribution in [2.24, 2.45) is 0 Å². The van der Waals surface area contributed by atoms with Crippen molar-refractivity contribution in [3.8, 4) is 0 Å². The van der Waals surface area contributed by atoms with Gasteiger partial charge in [-0.15, -0.1) is 0 Å². The highest BCUT2D eigenvalue weighted by Crippen LogP contribution is 2.36. The summed E-state index contributed by atoms with van der Waals surface area (Å²) in [4.78, 5) is 43.0. The van der Waals surface area contributed by atoms with Gasteiger partial charge in [-0.1, -0.05) is 245 Å². The first-order valence-electron chi connectivity index (χ1n) is 24.3. The van der Waals surface area contributed by atoms with Crippen molar-refractivity contribution in [2.45, 2.75) is 277 Å². The Morgan fingerprint density at radius 3 is 0.911 bits per heavy atom. The van der Waals surface area contributed by atoms with Crippen LogP contribution in [0.4, 0.5) is 0 Å². The minimum Gasteiger partial charge on any atom is -0.462 e. The van der Waals surface area contributed by atoms with Crippen molar-refractivity contribution in [3.63, 3.8) is 0 Å². The van der Waals surface area contributed by atoms with Gasteiger partial charge in [-0.05, 0) is 12.8 Å². The smallest absolute Gasteiger partial charge is 0.462 e. The quantitative estimate of drug-likeness (QED) is 0.0354. The molecule has 0 fully saturated rings. The maximum Gasteiger partial charge on any atom is 0.469 e. The predicted octanol–water partition coefficient (Wildman–Crippen LogP) is 15.2. The molecule has 0 aromatic heterocycles. The number of esters is 2. The molecule has 8 nitrogen and oxygen atoms in total. The highest BCUT2D eigenvalue weighted by molar-refractivity contribution is 7.46. The summed E-state index contributed by atoms with van der Waals surface area (Å²) >= 11 is 0. The Bertz CT molecular complexity index is 878. The number of unbranched alkanes of at least 4 members (excludes halogenated alkanes) is 36. The summed E-state index contributed by atoms with van der Waals surface area (Å²) < 4.78 is 26.5. The first-order valence-corrected chi connectivity index (χ1v) is 25.9. The normalized spacial score (nSPS) is 12.3. The van der Waals surface area contributed by atoms with Gasteiger partial charge in [0.15, 0.2) is 6.10 Å². The zero-order valence-corrected chi connectivity index (χ0v) is 38.0. The summed E-state index contributed by atoms with van der Waals surface area (Å²) in [7, 11) is -4.75. The Labute approximate surface area is 346 Å². The van der Waals surface area contributed by atoms with Crippen LogP contribution in [0.1, 0.15) is 271 Å². The van der Waals surface area contributed by atoms with Gasteiger partial charge in [0.25, 0.3) is 0 Å². The van der Waals surface area contributed by atoms with E-state index in [9.17, 15) is 14.2 Å². The van der Waals surface area contributed by atoms with Crippen LogP contribution >= 0.6 is 7.82 Å². The minimum atomic E-state index is -4.75. The van der Waals surface area contributed by atoms with Crippen molar-refractivity contribution in [2.75, 3.05) is 13.2 Å². The van der Waals surface area contributed by atoms with Gasteiger partial charge in [0.05, 0.1) is 6.61 Å². The monoisotopic (exact) mass is 817 g/mol. The number of phosphoric ester groups is 1. The summed E-state index contributed by atoms with van der Waals surface area (Å²) in [6, 6.07) is 0. The Kier molecular flexibility index (Phi) is 42.9. The van der Waals surface area contributed by atoms with Gasteiger partial charge in [0, 0.05) is 12.8 Å². The molecule has 0 spiro atoms. The number of carbonyl (C=O) groups excluding carboxylic acids is 2. The second-order valence-electron chi connectivity index (χ2n) is 16.8. The lowest BCUT2D eigenvalue weighted by atomic mass is 10.0. The lowest BCUT2D eigenvalue weighted by Gasteiger charge is -2.18. The van der Waals surface area contributed by atoms with E-state index in [-0.39, 0.29) is 19.4 Å². The van der Waals surface area contributed by atoms with Crippen LogP contribution in [0, 0.1) is 0 Å². The molecule has 0 aliphatic rings. The summed E-state index contributed by atoms with van der Waals surface area (Å²) in [6.07, 6.45) is 48.3. The van der Waals surface area contributed by atoms with Crippen LogP contribution in [0.15, 0.2) is 0 Å². The van der Waals surface area contributed by atoms with Crippen molar-refractivity contribution in [3.05, 3.63) is 0 Å². The molecule has 0 bridgehead atoms. The van der Waals surface area contributed by atoms with Gasteiger partial charge in [0.2, 0.25) is 0 Å². The molecule has 0 aliphatic heterocycles. The molecule has 0 aromatic carbocycles. The summed E-state index contributed by atoms with van der Waals surface area (Å²) in [5.74, 6) is -0.862. The maximum atomic E-state index is 12.4. The predicted molar refractivity (Wildman–Crippen MR) is 235 cm³/mol. The van der Waals surface area contributed by atoms with E-state index in [1.165, 1.54) is 205 Å². The van der Waals surface area contributed by atoms with E-state index < -0.39 is 32.5 Å². The Balaban J connectivity index is 3.78. The number of carbonyl (C=O) groups is 2. The number of ether oxygens (including phenoxy) is 2. The third-order valence-electron chi connectivity index (χ3n) is 11.1. The van der Waals surface area contributed by atoms with Crippen LogP contribution in [0.25, 0.3) is 0 Å². The largest absolute Gasteiger partial charge is 0.469 e. The first-order chi connectivity index (χ1) is 27.3. The van der Waals surface area contributed by atoms with Gasteiger partial charge in [-0.3, -0.25) is 14.1 Å². The SMILES string of the molecule is CCCCCCCCCCCCCCCCCCCCCCC(=O)OC[C@H](COP(=O)(O)O)OC(=O)CCCCCCCCCCCCCCCCCCCC. The van der Waals surface area contributed by atoms with Gasteiger partial charge in [-0.25, -0.2) is 4.57 Å². The zero-order chi connectivity index (χ0) is 41.1. The topological polar surface area (TPSA) is 119 Å². The third kappa shape index (κ3) is 45.7. The Morgan fingerprint density at radius 1 is 0.393 bits per heavy atom. The fraction of sp³-hybridized carbons (Fsp3) is 0.957. The number of rotatable bonds is 46. The Hall–Kier alpha value is -0.950. The number of hydrogen-bond acceptors (Lipinski definition) is 6. The van der Waals surface area contributed by atoms with Crippen LogP contribution in [0.3, 0.4) is 0 Å². The van der Waals surface area contributed by atoms with E-state index in [1.807, 2.05) is 0 Å². The molecule has 2 N–H and O–H groups in total. The van der Waals surface area contributed by atoms with Gasteiger partial charge in [-0.2, -0.15) is 0 Å². The van der Waals surface area contributed by atoms with E-state index in [0.29, 0.717) is 6.42 Å². The average molecular weight is 817 g/mol. The third-order valence-corrected chi connectivity index (χ3v) is 11.6. The summed E-state index contributed by atoms with van der Waals surface area (Å²) in [6.45, 7) is 3.75. The van der Waals surface area contributed by atoms with Crippen molar-refractivity contribution in [1.82, 2.24) is 0 Å². The molecule has 1 atom stereocenters. The lowest BCUT2D eigenvalue weighted by Crippen LogP contribution is -2.29. The standard InChI is InChI=1S/C47H93O8P/c1-3-5-7-9-11-13-15-17-19-21-23-24-26-27-29-31-33-35-37-39-41-46(48)53-43-45(44-54-56(50,51)52)55-47(49)42-40-38-36-34-32-30-28-25-22-20-18-16-14-12-10-8-6-4-2/h45H,3-44H2,1-2H3,(H2,50,51,52)/t45-/m1/s1. The van der Waals surface area contributed by atoms with Gasteiger partial charge >= 0.3 is 19.8 Å². The molecular formula is C47H93O8P.